The summed E-state index contributed by atoms with van der Waals surface area (Å²) in [6.45, 7) is 10.3. The maximum absolute atomic E-state index is 11.9. The van der Waals surface area contributed by atoms with Gasteiger partial charge in [-0.15, -0.1) is 0 Å². The van der Waals surface area contributed by atoms with Crippen LogP contribution in [-0.4, -0.2) is 23.5 Å². The third kappa shape index (κ3) is 8.18. The highest BCUT2D eigenvalue weighted by molar-refractivity contribution is 5.97. The van der Waals surface area contributed by atoms with E-state index in [1.165, 1.54) is 19.3 Å². The summed E-state index contributed by atoms with van der Waals surface area (Å²) in [5.74, 6) is -1.65. The zero-order valence-corrected chi connectivity index (χ0v) is 13.7. The zero-order chi connectivity index (χ0) is 15.8. The van der Waals surface area contributed by atoms with E-state index in [0.29, 0.717) is 6.54 Å². The van der Waals surface area contributed by atoms with Gasteiger partial charge in [0, 0.05) is 6.54 Å². The first kappa shape index (κ1) is 18.9. The van der Waals surface area contributed by atoms with Crippen LogP contribution in [-0.2, 0) is 9.59 Å². The summed E-state index contributed by atoms with van der Waals surface area (Å²) >= 11 is 0. The Labute approximate surface area is 123 Å². The van der Waals surface area contributed by atoms with E-state index >= 15 is 0 Å². The molecule has 0 fully saturated rings. The normalized spacial score (nSPS) is 13.3. The van der Waals surface area contributed by atoms with Crippen molar-refractivity contribution in [2.24, 2.45) is 17.3 Å². The average Bonchev–Trinajstić information content (AvgIpc) is 2.24. The topological polar surface area (TPSA) is 66.4 Å². The van der Waals surface area contributed by atoms with Crippen LogP contribution in [0.5, 0.6) is 0 Å². The molecule has 0 bridgehead atoms. The average molecular weight is 285 g/mol. The largest absolute Gasteiger partial charge is 0.481 e. The lowest BCUT2D eigenvalue weighted by atomic mass is 9.80. The van der Waals surface area contributed by atoms with Gasteiger partial charge in [-0.05, 0) is 17.8 Å². The smallest absolute Gasteiger partial charge is 0.316 e. The number of rotatable bonds is 9. The monoisotopic (exact) mass is 285 g/mol. The fourth-order valence-corrected chi connectivity index (χ4v) is 2.22. The third-order valence-electron chi connectivity index (χ3n) is 3.38. The minimum atomic E-state index is -1.05. The molecule has 0 spiro atoms. The first-order valence-electron chi connectivity index (χ1n) is 7.66. The van der Waals surface area contributed by atoms with Crippen molar-refractivity contribution in [3.63, 3.8) is 0 Å². The van der Waals surface area contributed by atoms with Gasteiger partial charge in [-0.25, -0.2) is 0 Å². The molecule has 0 saturated carbocycles. The second kappa shape index (κ2) is 8.98. The molecule has 0 radical (unpaired) electrons. The molecule has 0 rings (SSSR count). The molecule has 0 aromatic carbocycles. The van der Waals surface area contributed by atoms with Crippen LogP contribution < -0.4 is 5.32 Å². The highest BCUT2D eigenvalue weighted by Gasteiger charge is 2.37. The summed E-state index contributed by atoms with van der Waals surface area (Å²) in [6, 6.07) is 0. The van der Waals surface area contributed by atoms with E-state index in [-0.39, 0.29) is 5.91 Å². The highest BCUT2D eigenvalue weighted by atomic mass is 16.4. The van der Waals surface area contributed by atoms with E-state index in [2.05, 4.69) is 19.2 Å². The molecule has 4 heteroatoms. The number of carbonyl (C=O) groups excluding carboxylic acids is 1. The Balaban J connectivity index is 3.90. The minimum absolute atomic E-state index is 0.368. The number of nitrogens with one attached hydrogen (secondary N) is 1. The SMILES string of the molecule is CC(C)CCCCCCNC(=O)C(C(=O)O)C(C)(C)C. The summed E-state index contributed by atoms with van der Waals surface area (Å²) in [6.07, 6.45) is 5.65. The number of hydrogen-bond donors (Lipinski definition) is 2. The van der Waals surface area contributed by atoms with Gasteiger partial charge < -0.3 is 10.4 Å². The lowest BCUT2D eigenvalue weighted by molar-refractivity contribution is -0.151. The number of aliphatic carboxylic acids is 1. The molecule has 20 heavy (non-hydrogen) atoms. The number of unbranched alkanes of at least 4 members (excludes halogenated alkanes) is 3. The molecule has 0 heterocycles. The van der Waals surface area contributed by atoms with Gasteiger partial charge in [-0.2, -0.15) is 0 Å². The Hall–Kier alpha value is -1.06. The van der Waals surface area contributed by atoms with Crippen LogP contribution >= 0.6 is 0 Å². The van der Waals surface area contributed by atoms with Gasteiger partial charge in [-0.1, -0.05) is 60.3 Å². The molecule has 0 aromatic rings. The quantitative estimate of drug-likeness (QED) is 0.503. The molecule has 1 amide bonds. The number of carbonyl (C=O) groups is 2. The van der Waals surface area contributed by atoms with Gasteiger partial charge in [0.05, 0.1) is 0 Å². The van der Waals surface area contributed by atoms with Crippen LogP contribution in [0.4, 0.5) is 0 Å². The number of carboxylic acids is 1. The van der Waals surface area contributed by atoms with Gasteiger partial charge in [0.1, 0.15) is 5.92 Å². The molecule has 2 N–H and O–H groups in total. The second-order valence-electron chi connectivity index (χ2n) is 7.03. The van der Waals surface area contributed by atoms with Gasteiger partial charge in [0.25, 0.3) is 0 Å². The summed E-state index contributed by atoms with van der Waals surface area (Å²) in [5, 5.41) is 11.9. The summed E-state index contributed by atoms with van der Waals surface area (Å²) in [5.41, 5.74) is -0.562. The first-order valence-corrected chi connectivity index (χ1v) is 7.66. The number of amides is 1. The molecular weight excluding hydrogens is 254 g/mol. The van der Waals surface area contributed by atoms with Crippen molar-refractivity contribution in [3.05, 3.63) is 0 Å². The van der Waals surface area contributed by atoms with Crippen LogP contribution in [0.15, 0.2) is 0 Å². The molecule has 1 unspecified atom stereocenters. The Morgan fingerprint density at radius 3 is 2.05 bits per heavy atom. The predicted octanol–water partition coefficient (Wildman–Crippen LogP) is 3.46. The van der Waals surface area contributed by atoms with Crippen LogP contribution in [0, 0.1) is 17.3 Å². The molecule has 4 nitrogen and oxygen atoms in total. The van der Waals surface area contributed by atoms with Crippen molar-refractivity contribution >= 4 is 11.9 Å². The van der Waals surface area contributed by atoms with Crippen molar-refractivity contribution in [1.29, 1.82) is 0 Å². The molecule has 0 saturated heterocycles. The van der Waals surface area contributed by atoms with Crippen molar-refractivity contribution in [2.75, 3.05) is 6.54 Å². The Morgan fingerprint density at radius 1 is 1.05 bits per heavy atom. The van der Waals surface area contributed by atoms with E-state index in [1.807, 2.05) is 0 Å². The van der Waals surface area contributed by atoms with Crippen LogP contribution in [0.2, 0.25) is 0 Å². The van der Waals surface area contributed by atoms with E-state index < -0.39 is 17.3 Å². The summed E-state index contributed by atoms with van der Waals surface area (Å²) < 4.78 is 0. The lowest BCUT2D eigenvalue weighted by Gasteiger charge is -2.25. The number of carboxylic acid groups (broad SMARTS) is 1. The first-order chi connectivity index (χ1) is 9.16. The van der Waals surface area contributed by atoms with Gasteiger partial charge >= 0.3 is 5.97 Å². The third-order valence-corrected chi connectivity index (χ3v) is 3.38. The Kier molecular flexibility index (Phi) is 8.51. The fraction of sp³-hybridized carbons (Fsp3) is 0.875. The van der Waals surface area contributed by atoms with E-state index in [0.717, 1.165) is 18.8 Å². The zero-order valence-electron chi connectivity index (χ0n) is 13.7. The maximum Gasteiger partial charge on any atom is 0.316 e. The molecular formula is C16H31NO3. The standard InChI is InChI=1S/C16H31NO3/c1-12(2)10-8-6-7-9-11-17-14(18)13(15(19)20)16(3,4)5/h12-13H,6-11H2,1-5H3,(H,17,18)(H,19,20). The molecule has 0 aromatic heterocycles. The van der Waals surface area contributed by atoms with E-state index in [1.54, 1.807) is 20.8 Å². The molecule has 0 aliphatic heterocycles. The minimum Gasteiger partial charge on any atom is -0.481 e. The van der Waals surface area contributed by atoms with Crippen molar-refractivity contribution in [1.82, 2.24) is 5.32 Å². The fourth-order valence-electron chi connectivity index (χ4n) is 2.22. The van der Waals surface area contributed by atoms with E-state index in [4.69, 9.17) is 5.11 Å². The molecule has 118 valence electrons. The molecule has 1 atom stereocenters. The van der Waals surface area contributed by atoms with Crippen LogP contribution in [0.1, 0.15) is 66.7 Å². The van der Waals surface area contributed by atoms with Crippen molar-refractivity contribution < 1.29 is 14.7 Å². The van der Waals surface area contributed by atoms with Crippen molar-refractivity contribution in [2.45, 2.75) is 66.7 Å². The highest BCUT2D eigenvalue weighted by Crippen LogP contribution is 2.26. The lowest BCUT2D eigenvalue weighted by Crippen LogP contribution is -2.43. The molecule has 0 aliphatic carbocycles. The number of hydrogen-bond acceptors (Lipinski definition) is 2. The van der Waals surface area contributed by atoms with Gasteiger partial charge in [-0.3, -0.25) is 9.59 Å². The van der Waals surface area contributed by atoms with Crippen LogP contribution in [0.3, 0.4) is 0 Å². The van der Waals surface area contributed by atoms with Gasteiger partial charge in [0.2, 0.25) is 5.91 Å². The second-order valence-corrected chi connectivity index (χ2v) is 7.03. The summed E-state index contributed by atoms with van der Waals surface area (Å²) in [7, 11) is 0. The van der Waals surface area contributed by atoms with Gasteiger partial charge in [0.15, 0.2) is 0 Å². The maximum atomic E-state index is 11.9. The van der Waals surface area contributed by atoms with Crippen molar-refractivity contribution in [3.8, 4) is 0 Å². The van der Waals surface area contributed by atoms with E-state index in [9.17, 15) is 9.59 Å². The Morgan fingerprint density at radius 2 is 1.60 bits per heavy atom. The molecule has 0 aliphatic rings. The van der Waals surface area contributed by atoms with Crippen LogP contribution in [0.25, 0.3) is 0 Å². The summed E-state index contributed by atoms with van der Waals surface area (Å²) in [4.78, 5) is 23.1. The predicted molar refractivity (Wildman–Crippen MR) is 81.5 cm³/mol. The Bertz CT molecular complexity index is 305.